The minimum Gasteiger partial charge on any atom is -0.479 e. The number of hydrogen-bond acceptors (Lipinski definition) is 3. The Bertz CT molecular complexity index is 602. The van der Waals surface area contributed by atoms with Gasteiger partial charge in [-0.15, -0.1) is 0 Å². The van der Waals surface area contributed by atoms with Gasteiger partial charge in [-0.3, -0.25) is 0 Å². The number of aromatic nitrogens is 2. The smallest absolute Gasteiger partial charge is 0.241 e. The fraction of sp³-hybridized carbons (Fsp3) is 0.167. The molecule has 0 aliphatic rings. The minimum absolute atomic E-state index is 0.306. The van der Waals surface area contributed by atoms with Crippen molar-refractivity contribution < 1.29 is 4.74 Å². The highest BCUT2D eigenvalue weighted by Gasteiger charge is 2.15. The van der Waals surface area contributed by atoms with E-state index in [4.69, 9.17) is 39.5 Å². The van der Waals surface area contributed by atoms with Gasteiger partial charge in [0.2, 0.25) is 5.88 Å². The van der Waals surface area contributed by atoms with Crippen LogP contribution in [0.5, 0.6) is 5.88 Å². The second-order valence-corrected chi connectivity index (χ2v) is 4.78. The summed E-state index contributed by atoms with van der Waals surface area (Å²) >= 11 is 17.9. The molecule has 0 saturated heterocycles. The Balaban J connectivity index is 2.66. The maximum absolute atomic E-state index is 6.14. The molecule has 1 aromatic heterocycles. The molecule has 94 valence electrons. The SMILES string of the molecule is COc1nc(Cl)c(C)nc1-c1ccc(Cl)cc1Cl. The lowest BCUT2D eigenvalue weighted by atomic mass is 10.1. The van der Waals surface area contributed by atoms with Gasteiger partial charge in [0.05, 0.1) is 17.8 Å². The van der Waals surface area contributed by atoms with Crippen LogP contribution in [0.3, 0.4) is 0 Å². The fourth-order valence-corrected chi connectivity index (χ4v) is 2.10. The number of halogens is 3. The van der Waals surface area contributed by atoms with E-state index >= 15 is 0 Å². The molecule has 0 amide bonds. The molecule has 18 heavy (non-hydrogen) atoms. The van der Waals surface area contributed by atoms with E-state index in [9.17, 15) is 0 Å². The monoisotopic (exact) mass is 302 g/mol. The average molecular weight is 304 g/mol. The summed E-state index contributed by atoms with van der Waals surface area (Å²) in [6.45, 7) is 1.77. The van der Waals surface area contributed by atoms with Crippen molar-refractivity contribution in [3.05, 3.63) is 39.1 Å². The lowest BCUT2D eigenvalue weighted by Gasteiger charge is -2.10. The van der Waals surface area contributed by atoms with E-state index < -0.39 is 0 Å². The van der Waals surface area contributed by atoms with E-state index in [2.05, 4.69) is 9.97 Å². The third-order valence-corrected chi connectivity index (χ3v) is 3.27. The molecule has 2 aromatic rings. The molecule has 1 aromatic carbocycles. The predicted molar refractivity (Wildman–Crippen MR) is 73.8 cm³/mol. The number of ether oxygens (including phenoxy) is 1. The molecule has 2 rings (SSSR count). The topological polar surface area (TPSA) is 35.0 Å². The Kier molecular flexibility index (Phi) is 3.95. The van der Waals surface area contributed by atoms with Gasteiger partial charge in [-0.25, -0.2) is 4.98 Å². The standard InChI is InChI=1S/C12H9Cl3N2O/c1-6-11(15)17-12(18-2)10(16-6)8-4-3-7(13)5-9(8)14/h3-5H,1-2H3. The van der Waals surface area contributed by atoms with Crippen LogP contribution in [-0.2, 0) is 0 Å². The third-order valence-electron chi connectivity index (χ3n) is 2.36. The molecule has 0 spiro atoms. The molecule has 0 radical (unpaired) electrons. The Labute approximate surface area is 120 Å². The lowest BCUT2D eigenvalue weighted by molar-refractivity contribution is 0.397. The summed E-state index contributed by atoms with van der Waals surface area (Å²) in [5.41, 5.74) is 1.85. The van der Waals surface area contributed by atoms with Crippen molar-refractivity contribution in [3.8, 4) is 17.1 Å². The number of methoxy groups -OCH3 is 1. The van der Waals surface area contributed by atoms with Crippen molar-refractivity contribution in [2.24, 2.45) is 0 Å². The van der Waals surface area contributed by atoms with E-state index in [0.717, 1.165) is 0 Å². The van der Waals surface area contributed by atoms with Crippen LogP contribution in [-0.4, -0.2) is 17.1 Å². The summed E-state index contributed by atoms with van der Waals surface area (Å²) in [6, 6.07) is 5.14. The van der Waals surface area contributed by atoms with Crippen LogP contribution in [0.15, 0.2) is 18.2 Å². The molecular formula is C12H9Cl3N2O. The summed E-state index contributed by atoms with van der Waals surface area (Å²) in [5, 5.41) is 1.35. The second kappa shape index (κ2) is 5.31. The number of hydrogen-bond donors (Lipinski definition) is 0. The van der Waals surface area contributed by atoms with Gasteiger partial charge in [0.15, 0.2) is 5.15 Å². The Morgan fingerprint density at radius 3 is 2.44 bits per heavy atom. The Morgan fingerprint density at radius 1 is 1.11 bits per heavy atom. The molecule has 0 aliphatic carbocycles. The predicted octanol–water partition coefficient (Wildman–Crippen LogP) is 4.42. The zero-order valence-electron chi connectivity index (χ0n) is 9.67. The van der Waals surface area contributed by atoms with Crippen molar-refractivity contribution in [1.82, 2.24) is 9.97 Å². The van der Waals surface area contributed by atoms with Gasteiger partial charge in [-0.2, -0.15) is 4.98 Å². The lowest BCUT2D eigenvalue weighted by Crippen LogP contribution is -1.98. The van der Waals surface area contributed by atoms with Gasteiger partial charge >= 0.3 is 0 Å². The molecule has 0 bridgehead atoms. The highest BCUT2D eigenvalue weighted by Crippen LogP contribution is 2.34. The van der Waals surface area contributed by atoms with Crippen molar-refractivity contribution >= 4 is 34.8 Å². The largest absolute Gasteiger partial charge is 0.479 e. The first-order chi connectivity index (χ1) is 8.52. The van der Waals surface area contributed by atoms with Crippen molar-refractivity contribution in [3.63, 3.8) is 0 Å². The molecule has 0 atom stereocenters. The summed E-state index contributed by atoms with van der Waals surface area (Å²) in [6.07, 6.45) is 0. The maximum Gasteiger partial charge on any atom is 0.241 e. The average Bonchev–Trinajstić information content (AvgIpc) is 2.32. The highest BCUT2D eigenvalue weighted by molar-refractivity contribution is 6.36. The molecule has 0 N–H and O–H groups in total. The van der Waals surface area contributed by atoms with Gasteiger partial charge in [-0.05, 0) is 25.1 Å². The minimum atomic E-state index is 0.306. The number of benzene rings is 1. The van der Waals surface area contributed by atoms with E-state index in [0.29, 0.717) is 38.0 Å². The zero-order valence-corrected chi connectivity index (χ0v) is 11.9. The fourth-order valence-electron chi connectivity index (χ4n) is 1.48. The second-order valence-electron chi connectivity index (χ2n) is 3.58. The van der Waals surface area contributed by atoms with Crippen LogP contribution in [0.1, 0.15) is 5.69 Å². The third kappa shape index (κ3) is 2.53. The molecule has 0 saturated carbocycles. The summed E-state index contributed by atoms with van der Waals surface area (Å²) < 4.78 is 5.17. The van der Waals surface area contributed by atoms with E-state index in [1.54, 1.807) is 25.1 Å². The number of aryl methyl sites for hydroxylation is 1. The van der Waals surface area contributed by atoms with Crippen LogP contribution in [0.2, 0.25) is 15.2 Å². The molecule has 1 heterocycles. The summed E-state index contributed by atoms with van der Waals surface area (Å²) in [5.74, 6) is 0.329. The van der Waals surface area contributed by atoms with Gasteiger partial charge < -0.3 is 4.74 Å². The van der Waals surface area contributed by atoms with Crippen LogP contribution in [0, 0.1) is 6.92 Å². The van der Waals surface area contributed by atoms with E-state index in [1.165, 1.54) is 7.11 Å². The first-order valence-electron chi connectivity index (χ1n) is 5.06. The van der Waals surface area contributed by atoms with E-state index in [-0.39, 0.29) is 0 Å². The number of nitrogens with zero attached hydrogens (tertiary/aromatic N) is 2. The first kappa shape index (κ1) is 13.4. The van der Waals surface area contributed by atoms with E-state index in [1.807, 2.05) is 0 Å². The zero-order chi connectivity index (χ0) is 13.3. The first-order valence-corrected chi connectivity index (χ1v) is 6.20. The van der Waals surface area contributed by atoms with Crippen LogP contribution < -0.4 is 4.74 Å². The summed E-state index contributed by atoms with van der Waals surface area (Å²) in [4.78, 5) is 8.48. The van der Waals surface area contributed by atoms with Gasteiger partial charge in [0.1, 0.15) is 5.69 Å². The molecular weight excluding hydrogens is 295 g/mol. The van der Waals surface area contributed by atoms with Crippen molar-refractivity contribution in [1.29, 1.82) is 0 Å². The molecule has 0 fully saturated rings. The van der Waals surface area contributed by atoms with Crippen molar-refractivity contribution in [2.45, 2.75) is 6.92 Å². The highest BCUT2D eigenvalue weighted by atomic mass is 35.5. The van der Waals surface area contributed by atoms with Gasteiger partial charge in [0.25, 0.3) is 0 Å². The van der Waals surface area contributed by atoms with Gasteiger partial charge in [-0.1, -0.05) is 34.8 Å². The van der Waals surface area contributed by atoms with Crippen LogP contribution >= 0.6 is 34.8 Å². The molecule has 0 unspecified atom stereocenters. The Hall–Kier alpha value is -1.03. The molecule has 0 aliphatic heterocycles. The number of rotatable bonds is 2. The van der Waals surface area contributed by atoms with Crippen LogP contribution in [0.25, 0.3) is 11.3 Å². The summed E-state index contributed by atoms with van der Waals surface area (Å²) in [7, 11) is 1.50. The van der Waals surface area contributed by atoms with Crippen molar-refractivity contribution in [2.75, 3.05) is 7.11 Å². The van der Waals surface area contributed by atoms with Crippen LogP contribution in [0.4, 0.5) is 0 Å². The maximum atomic E-state index is 6.14. The normalized spacial score (nSPS) is 10.5. The quantitative estimate of drug-likeness (QED) is 0.823. The van der Waals surface area contributed by atoms with Gasteiger partial charge in [0, 0.05) is 10.6 Å². The molecule has 6 heteroatoms. The Morgan fingerprint density at radius 2 is 1.83 bits per heavy atom. The molecule has 3 nitrogen and oxygen atoms in total.